The summed E-state index contributed by atoms with van der Waals surface area (Å²) in [7, 11) is 0. The van der Waals surface area contributed by atoms with Crippen molar-refractivity contribution < 1.29 is 32.4 Å². The van der Waals surface area contributed by atoms with E-state index >= 15 is 0 Å². The SMILES string of the molecule is CCC(C(=O)O)C(C)NC(=O)c1ccc(-c2noc(C(F)(F)F)n2)cc1. The van der Waals surface area contributed by atoms with E-state index in [-0.39, 0.29) is 17.0 Å². The predicted octanol–water partition coefficient (Wildman–Crippen LogP) is 2.98. The molecule has 2 unspecified atom stereocenters. The van der Waals surface area contributed by atoms with Crippen LogP contribution in [0.5, 0.6) is 0 Å². The maximum absolute atomic E-state index is 12.5. The Balaban J connectivity index is 2.10. The summed E-state index contributed by atoms with van der Waals surface area (Å²) >= 11 is 0. The van der Waals surface area contributed by atoms with Crippen molar-refractivity contribution in [3.05, 3.63) is 35.7 Å². The van der Waals surface area contributed by atoms with Crippen molar-refractivity contribution in [3.63, 3.8) is 0 Å². The quantitative estimate of drug-likeness (QED) is 0.809. The Hall–Kier alpha value is -2.91. The van der Waals surface area contributed by atoms with Gasteiger partial charge in [-0.2, -0.15) is 18.2 Å². The maximum atomic E-state index is 12.5. The van der Waals surface area contributed by atoms with Crippen LogP contribution >= 0.6 is 0 Å². The zero-order valence-corrected chi connectivity index (χ0v) is 13.9. The molecule has 0 aliphatic heterocycles. The Morgan fingerprint density at radius 3 is 2.35 bits per heavy atom. The number of carboxylic acid groups (broad SMARTS) is 1. The Labute approximate surface area is 146 Å². The molecule has 2 atom stereocenters. The van der Waals surface area contributed by atoms with Crippen LogP contribution < -0.4 is 5.32 Å². The van der Waals surface area contributed by atoms with Gasteiger partial charge in [0.2, 0.25) is 5.82 Å². The lowest BCUT2D eigenvalue weighted by molar-refractivity contribution is -0.159. The van der Waals surface area contributed by atoms with Gasteiger partial charge in [0, 0.05) is 17.2 Å². The number of carboxylic acids is 1. The molecule has 140 valence electrons. The topological polar surface area (TPSA) is 105 Å². The minimum Gasteiger partial charge on any atom is -0.481 e. The van der Waals surface area contributed by atoms with Gasteiger partial charge in [-0.25, -0.2) is 0 Å². The van der Waals surface area contributed by atoms with Gasteiger partial charge in [0.1, 0.15) is 0 Å². The van der Waals surface area contributed by atoms with Gasteiger partial charge in [-0.05, 0) is 25.5 Å². The van der Waals surface area contributed by atoms with Gasteiger partial charge in [-0.15, -0.1) is 0 Å². The molecule has 0 bridgehead atoms. The van der Waals surface area contributed by atoms with Crippen LogP contribution in [0.1, 0.15) is 36.5 Å². The number of carbonyl (C=O) groups is 2. The van der Waals surface area contributed by atoms with Crippen LogP contribution in [0.2, 0.25) is 0 Å². The molecule has 0 aliphatic rings. The molecule has 0 aliphatic carbocycles. The number of hydrogen-bond acceptors (Lipinski definition) is 5. The summed E-state index contributed by atoms with van der Waals surface area (Å²) in [6, 6.07) is 4.92. The number of nitrogens with zero attached hydrogens (tertiary/aromatic N) is 2. The first-order valence-electron chi connectivity index (χ1n) is 7.68. The van der Waals surface area contributed by atoms with Gasteiger partial charge in [0.05, 0.1) is 5.92 Å². The number of nitrogens with one attached hydrogen (secondary N) is 1. The van der Waals surface area contributed by atoms with Gasteiger partial charge in [0.25, 0.3) is 5.91 Å². The molecule has 0 saturated heterocycles. The van der Waals surface area contributed by atoms with E-state index in [1.807, 2.05) is 0 Å². The van der Waals surface area contributed by atoms with Crippen molar-refractivity contribution in [1.29, 1.82) is 0 Å². The van der Waals surface area contributed by atoms with E-state index in [4.69, 9.17) is 5.11 Å². The molecule has 7 nitrogen and oxygen atoms in total. The van der Waals surface area contributed by atoms with Crippen LogP contribution in [0.25, 0.3) is 11.4 Å². The van der Waals surface area contributed by atoms with E-state index in [0.717, 1.165) is 0 Å². The summed E-state index contributed by atoms with van der Waals surface area (Å²) < 4.78 is 41.6. The van der Waals surface area contributed by atoms with Crippen molar-refractivity contribution in [3.8, 4) is 11.4 Å². The van der Waals surface area contributed by atoms with Crippen LogP contribution in [0.15, 0.2) is 28.8 Å². The summed E-state index contributed by atoms with van der Waals surface area (Å²) in [5.74, 6) is -3.93. The molecule has 1 heterocycles. The summed E-state index contributed by atoms with van der Waals surface area (Å²) in [6.07, 6.45) is -4.38. The molecule has 10 heteroatoms. The number of rotatable bonds is 6. The van der Waals surface area contributed by atoms with Crippen LogP contribution in [-0.2, 0) is 11.0 Å². The molecule has 2 N–H and O–H groups in total. The lowest BCUT2D eigenvalue weighted by Crippen LogP contribution is -2.41. The summed E-state index contributed by atoms with van der Waals surface area (Å²) in [6.45, 7) is 3.29. The first kappa shape index (κ1) is 19.4. The molecular weight excluding hydrogens is 355 g/mol. The number of halogens is 3. The number of alkyl halides is 3. The number of benzene rings is 1. The number of carbonyl (C=O) groups excluding carboxylic acids is 1. The normalized spacial score (nSPS) is 13.9. The monoisotopic (exact) mass is 371 g/mol. The molecule has 1 amide bonds. The first-order chi connectivity index (χ1) is 12.1. The molecule has 0 spiro atoms. The third kappa shape index (κ3) is 4.38. The van der Waals surface area contributed by atoms with Gasteiger partial charge < -0.3 is 14.9 Å². The largest absolute Gasteiger partial charge is 0.481 e. The number of aromatic nitrogens is 2. The molecule has 1 aromatic heterocycles. The highest BCUT2D eigenvalue weighted by molar-refractivity contribution is 5.95. The fourth-order valence-corrected chi connectivity index (χ4v) is 2.36. The van der Waals surface area contributed by atoms with Gasteiger partial charge >= 0.3 is 18.0 Å². The van der Waals surface area contributed by atoms with E-state index in [1.54, 1.807) is 13.8 Å². The number of aliphatic carboxylic acids is 1. The van der Waals surface area contributed by atoms with Gasteiger partial charge in [-0.3, -0.25) is 9.59 Å². The standard InChI is InChI=1S/C16H16F3N3O4/c1-3-11(14(24)25)8(2)20-13(23)10-6-4-9(5-7-10)12-21-15(26-22-12)16(17,18)19/h4-8,11H,3H2,1-2H3,(H,20,23)(H,24,25). The average Bonchev–Trinajstić information content (AvgIpc) is 3.05. The van der Waals surface area contributed by atoms with Crippen molar-refractivity contribution in [2.75, 3.05) is 0 Å². The minimum absolute atomic E-state index is 0.223. The summed E-state index contributed by atoms with van der Waals surface area (Å²) in [4.78, 5) is 26.5. The lowest BCUT2D eigenvalue weighted by atomic mass is 9.98. The number of amides is 1. The van der Waals surface area contributed by atoms with Crippen molar-refractivity contribution in [1.82, 2.24) is 15.5 Å². The lowest BCUT2D eigenvalue weighted by Gasteiger charge is -2.20. The highest BCUT2D eigenvalue weighted by Gasteiger charge is 2.38. The minimum atomic E-state index is -4.73. The first-order valence-corrected chi connectivity index (χ1v) is 7.68. The maximum Gasteiger partial charge on any atom is 0.471 e. The smallest absolute Gasteiger partial charge is 0.471 e. The Kier molecular flexibility index (Phi) is 5.63. The third-order valence-corrected chi connectivity index (χ3v) is 3.79. The highest BCUT2D eigenvalue weighted by Crippen LogP contribution is 2.29. The Morgan fingerprint density at radius 2 is 1.88 bits per heavy atom. The molecule has 2 aromatic rings. The van der Waals surface area contributed by atoms with Crippen LogP contribution in [0.4, 0.5) is 13.2 Å². The second kappa shape index (κ2) is 7.54. The predicted molar refractivity (Wildman–Crippen MR) is 83.1 cm³/mol. The zero-order valence-electron chi connectivity index (χ0n) is 13.9. The molecule has 1 aromatic carbocycles. The zero-order chi connectivity index (χ0) is 19.5. The van der Waals surface area contributed by atoms with Crippen molar-refractivity contribution >= 4 is 11.9 Å². The highest BCUT2D eigenvalue weighted by atomic mass is 19.4. The number of hydrogen-bond donors (Lipinski definition) is 2. The molecule has 0 fully saturated rings. The fraction of sp³-hybridized carbons (Fsp3) is 0.375. The fourth-order valence-electron chi connectivity index (χ4n) is 2.36. The van der Waals surface area contributed by atoms with Crippen LogP contribution in [0.3, 0.4) is 0 Å². The van der Waals surface area contributed by atoms with E-state index in [2.05, 4.69) is 20.0 Å². The Bertz CT molecular complexity index is 787. The summed E-state index contributed by atoms with van der Waals surface area (Å²) in [5.41, 5.74) is 0.464. The van der Waals surface area contributed by atoms with Crippen LogP contribution in [-0.4, -0.2) is 33.2 Å². The van der Waals surface area contributed by atoms with Crippen LogP contribution in [0, 0.1) is 5.92 Å². The average molecular weight is 371 g/mol. The van der Waals surface area contributed by atoms with Crippen molar-refractivity contribution in [2.45, 2.75) is 32.5 Å². The Morgan fingerprint density at radius 1 is 1.27 bits per heavy atom. The van der Waals surface area contributed by atoms with Gasteiger partial charge in [-0.1, -0.05) is 24.2 Å². The van der Waals surface area contributed by atoms with E-state index in [1.165, 1.54) is 24.3 Å². The summed E-state index contributed by atoms with van der Waals surface area (Å²) in [5, 5.41) is 14.9. The molecule has 0 saturated carbocycles. The molecule has 2 rings (SSSR count). The molecule has 0 radical (unpaired) electrons. The molecule has 26 heavy (non-hydrogen) atoms. The van der Waals surface area contributed by atoms with Crippen molar-refractivity contribution in [2.24, 2.45) is 5.92 Å². The second-order valence-corrected chi connectivity index (χ2v) is 5.61. The van der Waals surface area contributed by atoms with E-state index in [0.29, 0.717) is 6.42 Å². The van der Waals surface area contributed by atoms with Gasteiger partial charge in [0.15, 0.2) is 0 Å². The van der Waals surface area contributed by atoms with E-state index < -0.39 is 35.9 Å². The molecular formula is C16H16F3N3O4. The second-order valence-electron chi connectivity index (χ2n) is 5.61. The van der Waals surface area contributed by atoms with E-state index in [9.17, 15) is 22.8 Å². The third-order valence-electron chi connectivity index (χ3n) is 3.79.